The van der Waals surface area contributed by atoms with Crippen LogP contribution >= 0.6 is 0 Å². The molecule has 0 spiro atoms. The Bertz CT molecular complexity index is 304. The van der Waals surface area contributed by atoms with Crippen molar-refractivity contribution in [1.29, 1.82) is 0 Å². The van der Waals surface area contributed by atoms with Gasteiger partial charge in [0.15, 0.2) is 0 Å². The molecule has 0 aliphatic carbocycles. The second kappa shape index (κ2) is 9.72. The van der Waals surface area contributed by atoms with Crippen molar-refractivity contribution in [3.63, 3.8) is 0 Å². The number of hydrogen-bond donors (Lipinski definition) is 0. The molecule has 0 aromatic rings. The Kier molecular flexibility index (Phi) is 9.16. The molecule has 6 nitrogen and oxygen atoms in total. The molecule has 0 amide bonds. The van der Waals surface area contributed by atoms with Gasteiger partial charge in [0.2, 0.25) is 0 Å². The minimum atomic E-state index is -0.709. The normalized spacial score (nSPS) is 16.9. The molecule has 118 valence electrons. The van der Waals surface area contributed by atoms with Gasteiger partial charge in [0.05, 0.1) is 25.0 Å². The lowest BCUT2D eigenvalue weighted by molar-refractivity contribution is -0.179. The summed E-state index contributed by atoms with van der Waals surface area (Å²) in [6, 6.07) is 0. The SMILES string of the molecule is CCC(C)C(=O)OC(C(C)OCOC)C(C)C(=O)OC. The van der Waals surface area contributed by atoms with Gasteiger partial charge in [0.25, 0.3) is 0 Å². The topological polar surface area (TPSA) is 71.1 Å². The lowest BCUT2D eigenvalue weighted by Crippen LogP contribution is -2.41. The standard InChI is InChI=1S/C14H26O6/c1-7-9(2)13(15)20-12(10(3)14(16)18-6)11(4)19-8-17-5/h9-12H,7-8H2,1-6H3. The van der Waals surface area contributed by atoms with Crippen molar-refractivity contribution < 1.29 is 28.5 Å². The van der Waals surface area contributed by atoms with Crippen molar-refractivity contribution in [3.05, 3.63) is 0 Å². The zero-order chi connectivity index (χ0) is 15.7. The molecule has 0 rings (SSSR count). The van der Waals surface area contributed by atoms with E-state index >= 15 is 0 Å². The predicted molar refractivity (Wildman–Crippen MR) is 72.9 cm³/mol. The maximum atomic E-state index is 11.9. The lowest BCUT2D eigenvalue weighted by Gasteiger charge is -2.28. The Morgan fingerprint density at radius 2 is 1.65 bits per heavy atom. The van der Waals surface area contributed by atoms with E-state index < -0.39 is 24.1 Å². The third-order valence-electron chi connectivity index (χ3n) is 3.24. The van der Waals surface area contributed by atoms with Crippen LogP contribution in [-0.4, -0.2) is 45.2 Å². The summed E-state index contributed by atoms with van der Waals surface area (Å²) in [4.78, 5) is 23.6. The van der Waals surface area contributed by atoms with Crippen molar-refractivity contribution in [1.82, 2.24) is 0 Å². The molecule has 0 fully saturated rings. The minimum absolute atomic E-state index is 0.0619. The first-order chi connectivity index (χ1) is 9.38. The van der Waals surface area contributed by atoms with E-state index in [-0.39, 0.29) is 18.7 Å². The predicted octanol–water partition coefficient (Wildman–Crippen LogP) is 1.76. The average molecular weight is 290 g/mol. The van der Waals surface area contributed by atoms with Gasteiger partial charge in [-0.25, -0.2) is 0 Å². The van der Waals surface area contributed by atoms with Crippen LogP contribution in [0.25, 0.3) is 0 Å². The molecule has 4 unspecified atom stereocenters. The highest BCUT2D eigenvalue weighted by molar-refractivity contribution is 5.75. The van der Waals surface area contributed by atoms with Gasteiger partial charge < -0.3 is 18.9 Å². The van der Waals surface area contributed by atoms with E-state index in [4.69, 9.17) is 18.9 Å². The third-order valence-corrected chi connectivity index (χ3v) is 3.24. The first-order valence-corrected chi connectivity index (χ1v) is 6.77. The molecule has 0 aromatic carbocycles. The highest BCUT2D eigenvalue weighted by Gasteiger charge is 2.34. The van der Waals surface area contributed by atoms with Crippen LogP contribution in [0.15, 0.2) is 0 Å². The van der Waals surface area contributed by atoms with Crippen LogP contribution in [0.5, 0.6) is 0 Å². The van der Waals surface area contributed by atoms with E-state index in [0.717, 1.165) is 0 Å². The fraction of sp³-hybridized carbons (Fsp3) is 0.857. The molecule has 0 saturated heterocycles. The maximum absolute atomic E-state index is 11.9. The molecule has 0 aromatic heterocycles. The number of ether oxygens (including phenoxy) is 4. The molecule has 0 N–H and O–H groups in total. The molecule has 0 aliphatic rings. The van der Waals surface area contributed by atoms with E-state index in [2.05, 4.69) is 0 Å². The van der Waals surface area contributed by atoms with Crippen LogP contribution in [0, 0.1) is 11.8 Å². The van der Waals surface area contributed by atoms with Crippen LogP contribution in [0.1, 0.15) is 34.1 Å². The average Bonchev–Trinajstić information content (AvgIpc) is 2.47. The van der Waals surface area contributed by atoms with Crippen LogP contribution in [0.4, 0.5) is 0 Å². The van der Waals surface area contributed by atoms with Crippen LogP contribution in [0.3, 0.4) is 0 Å². The van der Waals surface area contributed by atoms with Gasteiger partial charge in [-0.3, -0.25) is 9.59 Å². The smallest absolute Gasteiger partial charge is 0.312 e. The summed E-state index contributed by atoms with van der Waals surface area (Å²) in [6.07, 6.45) is -0.512. The van der Waals surface area contributed by atoms with Crippen molar-refractivity contribution >= 4 is 11.9 Å². The summed E-state index contributed by atoms with van der Waals surface area (Å²) in [7, 11) is 2.80. The van der Waals surface area contributed by atoms with Gasteiger partial charge >= 0.3 is 11.9 Å². The number of carbonyl (C=O) groups excluding carboxylic acids is 2. The molecule has 6 heteroatoms. The molecule has 20 heavy (non-hydrogen) atoms. The molecule has 0 saturated carbocycles. The fourth-order valence-electron chi connectivity index (χ4n) is 1.61. The number of carbonyl (C=O) groups is 2. The summed E-state index contributed by atoms with van der Waals surface area (Å²) >= 11 is 0. The van der Waals surface area contributed by atoms with Crippen LogP contribution in [-0.2, 0) is 28.5 Å². The van der Waals surface area contributed by atoms with Gasteiger partial charge in [-0.1, -0.05) is 13.8 Å². The lowest BCUT2D eigenvalue weighted by atomic mass is 10.00. The van der Waals surface area contributed by atoms with Crippen molar-refractivity contribution in [3.8, 4) is 0 Å². The van der Waals surface area contributed by atoms with Gasteiger partial charge in [-0.2, -0.15) is 0 Å². The first kappa shape index (κ1) is 18.9. The maximum Gasteiger partial charge on any atom is 0.312 e. The second-order valence-electron chi connectivity index (χ2n) is 4.80. The third kappa shape index (κ3) is 5.88. The zero-order valence-electron chi connectivity index (χ0n) is 13.2. The molecule has 0 radical (unpaired) electrons. The highest BCUT2D eigenvalue weighted by Crippen LogP contribution is 2.18. The summed E-state index contributed by atoms with van der Waals surface area (Å²) in [6.45, 7) is 7.12. The minimum Gasteiger partial charge on any atom is -0.469 e. The summed E-state index contributed by atoms with van der Waals surface area (Å²) in [5, 5.41) is 0. The van der Waals surface area contributed by atoms with Crippen LogP contribution < -0.4 is 0 Å². The Morgan fingerprint density at radius 3 is 2.10 bits per heavy atom. The van der Waals surface area contributed by atoms with Gasteiger partial charge in [0, 0.05) is 7.11 Å². The summed E-state index contributed by atoms with van der Waals surface area (Å²) in [5.41, 5.74) is 0. The van der Waals surface area contributed by atoms with Gasteiger partial charge in [-0.05, 0) is 20.3 Å². The fourth-order valence-corrected chi connectivity index (χ4v) is 1.61. The van der Waals surface area contributed by atoms with E-state index in [9.17, 15) is 9.59 Å². The molecule has 4 atom stereocenters. The number of methoxy groups -OCH3 is 2. The molecule has 0 aliphatic heterocycles. The van der Waals surface area contributed by atoms with Crippen LogP contribution in [0.2, 0.25) is 0 Å². The Labute approximate surface area is 120 Å². The van der Waals surface area contributed by atoms with Crippen molar-refractivity contribution in [2.45, 2.75) is 46.3 Å². The molecule has 0 bridgehead atoms. The quantitative estimate of drug-likeness (QED) is 0.476. The zero-order valence-corrected chi connectivity index (χ0v) is 13.2. The number of rotatable bonds is 9. The van der Waals surface area contributed by atoms with Crippen molar-refractivity contribution in [2.75, 3.05) is 21.0 Å². The Balaban J connectivity index is 4.86. The van der Waals surface area contributed by atoms with E-state index in [1.54, 1.807) is 20.8 Å². The molecule has 0 heterocycles. The number of hydrogen-bond acceptors (Lipinski definition) is 6. The largest absolute Gasteiger partial charge is 0.469 e. The van der Waals surface area contributed by atoms with Crippen molar-refractivity contribution in [2.24, 2.45) is 11.8 Å². The Hall–Kier alpha value is -1.14. The first-order valence-electron chi connectivity index (χ1n) is 6.77. The Morgan fingerprint density at radius 1 is 1.05 bits per heavy atom. The van der Waals surface area contributed by atoms with E-state index in [1.807, 2.05) is 6.92 Å². The van der Waals surface area contributed by atoms with E-state index in [1.165, 1.54) is 14.2 Å². The van der Waals surface area contributed by atoms with Gasteiger partial charge in [-0.15, -0.1) is 0 Å². The summed E-state index contributed by atoms with van der Waals surface area (Å²) < 4.78 is 20.3. The van der Waals surface area contributed by atoms with E-state index in [0.29, 0.717) is 6.42 Å². The second-order valence-corrected chi connectivity index (χ2v) is 4.80. The number of esters is 2. The van der Waals surface area contributed by atoms with Gasteiger partial charge in [0.1, 0.15) is 12.9 Å². The summed E-state index contributed by atoms with van der Waals surface area (Å²) in [5.74, 6) is -1.63. The monoisotopic (exact) mass is 290 g/mol. The highest BCUT2D eigenvalue weighted by atomic mass is 16.7. The molecular formula is C14H26O6. The molecular weight excluding hydrogens is 264 g/mol.